The van der Waals surface area contributed by atoms with Gasteiger partial charge in [0.1, 0.15) is 13.1 Å². The van der Waals surface area contributed by atoms with E-state index < -0.39 is 0 Å². The van der Waals surface area contributed by atoms with Crippen LogP contribution in [0.25, 0.3) is 0 Å². The van der Waals surface area contributed by atoms with Gasteiger partial charge in [0.05, 0.1) is 0 Å². The van der Waals surface area contributed by atoms with Gasteiger partial charge in [-0.2, -0.15) is 10.4 Å². The van der Waals surface area contributed by atoms with Crippen molar-refractivity contribution in [1.29, 1.82) is 5.26 Å². The fraction of sp³-hybridized carbons (Fsp3) is 0.800. The number of quaternary nitrogens is 1. The van der Waals surface area contributed by atoms with Gasteiger partial charge in [0.25, 0.3) is 0 Å². The average Bonchev–Trinajstić information content (AvgIpc) is 2.44. The highest BCUT2D eigenvalue weighted by molar-refractivity contribution is 4.76. The molecule has 1 unspecified atom stereocenters. The molecule has 2 N–H and O–H groups in total. The summed E-state index contributed by atoms with van der Waals surface area (Å²) in [4.78, 5) is 0. The molecule has 44 valence electrons. The van der Waals surface area contributed by atoms with Gasteiger partial charge in [0.2, 0.25) is 0 Å². The van der Waals surface area contributed by atoms with Crippen molar-refractivity contribution in [2.75, 3.05) is 7.05 Å². The van der Waals surface area contributed by atoms with Crippen molar-refractivity contribution < 1.29 is 4.59 Å². The van der Waals surface area contributed by atoms with Crippen LogP contribution in [0, 0.1) is 11.5 Å². The van der Waals surface area contributed by atoms with Crippen molar-refractivity contribution in [3.8, 4) is 6.19 Å². The van der Waals surface area contributed by atoms with Crippen molar-refractivity contribution in [2.24, 2.45) is 5.84 Å². The van der Waals surface area contributed by atoms with Gasteiger partial charge in [-0.05, 0) is 0 Å². The lowest BCUT2D eigenvalue weighted by molar-refractivity contribution is -0.868. The largest absolute Gasteiger partial charge is 0.329 e. The lowest BCUT2D eigenvalue weighted by Crippen LogP contribution is -2.47. The van der Waals surface area contributed by atoms with E-state index in [1.54, 1.807) is 7.05 Å². The van der Waals surface area contributed by atoms with Crippen LogP contribution in [-0.2, 0) is 0 Å². The molecule has 1 aliphatic rings. The van der Waals surface area contributed by atoms with Crippen LogP contribution in [0.4, 0.5) is 0 Å². The van der Waals surface area contributed by atoms with E-state index in [1.165, 1.54) is 0 Å². The molecule has 0 bridgehead atoms. The maximum Gasteiger partial charge on any atom is 0.329 e. The third-order valence-electron chi connectivity index (χ3n) is 1.52. The minimum atomic E-state index is 0.0417. The first kappa shape index (κ1) is 5.54. The van der Waals surface area contributed by atoms with Crippen molar-refractivity contribution in [1.82, 2.24) is 0 Å². The van der Waals surface area contributed by atoms with Gasteiger partial charge in [-0.15, -0.1) is 5.26 Å². The summed E-state index contributed by atoms with van der Waals surface area (Å²) in [6.45, 7) is 0. The standard InChI is InChI=1S/C5H10N3/c1-8(7,4-6)5-2-3-5/h5H,2-3,7H2,1H3/q+1. The lowest BCUT2D eigenvalue weighted by atomic mass is 10.6. The lowest BCUT2D eigenvalue weighted by Gasteiger charge is -2.14. The van der Waals surface area contributed by atoms with Crippen LogP contribution in [0.1, 0.15) is 12.8 Å². The van der Waals surface area contributed by atoms with E-state index in [0.29, 0.717) is 6.04 Å². The minimum Gasteiger partial charge on any atom is -0.165 e. The molecule has 0 aliphatic heterocycles. The SMILES string of the molecule is C[N+](N)(C#N)C1CC1. The summed E-state index contributed by atoms with van der Waals surface area (Å²) in [6.07, 6.45) is 4.24. The topological polar surface area (TPSA) is 49.8 Å². The molecule has 0 saturated heterocycles. The van der Waals surface area contributed by atoms with Crippen molar-refractivity contribution in [3.05, 3.63) is 0 Å². The number of nitriles is 1. The predicted octanol–water partition coefficient (Wildman–Crippen LogP) is -0.0498. The molecule has 3 nitrogen and oxygen atoms in total. The Balaban J connectivity index is 2.53. The average molecular weight is 112 g/mol. The van der Waals surface area contributed by atoms with Gasteiger partial charge in [0, 0.05) is 12.8 Å². The van der Waals surface area contributed by atoms with Crippen LogP contribution < -0.4 is 5.84 Å². The van der Waals surface area contributed by atoms with E-state index in [4.69, 9.17) is 11.1 Å². The van der Waals surface area contributed by atoms with E-state index in [0.717, 1.165) is 12.8 Å². The molecule has 1 aliphatic carbocycles. The Morgan fingerprint density at radius 3 is 2.38 bits per heavy atom. The molecule has 1 fully saturated rings. The zero-order valence-electron chi connectivity index (χ0n) is 4.96. The van der Waals surface area contributed by atoms with Crippen LogP contribution >= 0.6 is 0 Å². The van der Waals surface area contributed by atoms with Crippen LogP contribution in [0.3, 0.4) is 0 Å². The number of nitrogens with two attached hydrogens (primary N) is 1. The van der Waals surface area contributed by atoms with Crippen molar-refractivity contribution in [2.45, 2.75) is 18.9 Å². The highest BCUT2D eigenvalue weighted by Crippen LogP contribution is 2.27. The van der Waals surface area contributed by atoms with Gasteiger partial charge >= 0.3 is 6.19 Å². The summed E-state index contributed by atoms with van der Waals surface area (Å²) >= 11 is 0. The van der Waals surface area contributed by atoms with E-state index in [-0.39, 0.29) is 4.59 Å². The number of nitrogens with zero attached hydrogens (tertiary/aromatic N) is 2. The number of rotatable bonds is 1. The maximum atomic E-state index is 8.40. The molecule has 0 aromatic heterocycles. The first-order valence-electron chi connectivity index (χ1n) is 2.73. The molecule has 3 heteroatoms. The zero-order chi connectivity index (χ0) is 6.20. The van der Waals surface area contributed by atoms with E-state index in [9.17, 15) is 0 Å². The van der Waals surface area contributed by atoms with Gasteiger partial charge in [-0.1, -0.05) is 0 Å². The van der Waals surface area contributed by atoms with Crippen LogP contribution in [-0.4, -0.2) is 17.7 Å². The highest BCUT2D eigenvalue weighted by Gasteiger charge is 2.40. The molecule has 0 radical (unpaired) electrons. The molecule has 0 amide bonds. The fourth-order valence-corrected chi connectivity index (χ4v) is 0.693. The third kappa shape index (κ3) is 0.808. The second-order valence-corrected chi connectivity index (χ2v) is 2.48. The predicted molar refractivity (Wildman–Crippen MR) is 29.0 cm³/mol. The Kier molecular flexibility index (Phi) is 0.999. The smallest absolute Gasteiger partial charge is 0.165 e. The Morgan fingerprint density at radius 2 is 2.25 bits per heavy atom. The summed E-state index contributed by atoms with van der Waals surface area (Å²) in [5.41, 5.74) is 0. The molecule has 0 heterocycles. The van der Waals surface area contributed by atoms with E-state index in [2.05, 4.69) is 0 Å². The molecule has 1 rings (SSSR count). The van der Waals surface area contributed by atoms with Gasteiger partial charge in [-0.25, -0.2) is 0 Å². The molecule has 8 heavy (non-hydrogen) atoms. The molecular weight excluding hydrogens is 102 g/mol. The number of hydrogen-bond donors (Lipinski definition) is 1. The summed E-state index contributed by atoms with van der Waals surface area (Å²) in [6, 6.07) is 0.417. The Morgan fingerprint density at radius 1 is 1.75 bits per heavy atom. The first-order valence-corrected chi connectivity index (χ1v) is 2.73. The van der Waals surface area contributed by atoms with Crippen LogP contribution in [0.15, 0.2) is 0 Å². The normalized spacial score (nSPS) is 26.1. The Hall–Kier alpha value is -0.590. The summed E-state index contributed by atoms with van der Waals surface area (Å²) in [7, 11) is 1.73. The third-order valence-corrected chi connectivity index (χ3v) is 1.52. The molecular formula is C5H10N3+. The second-order valence-electron chi connectivity index (χ2n) is 2.48. The molecule has 1 saturated carbocycles. The fourth-order valence-electron chi connectivity index (χ4n) is 0.693. The van der Waals surface area contributed by atoms with Crippen LogP contribution in [0.5, 0.6) is 0 Å². The van der Waals surface area contributed by atoms with E-state index >= 15 is 0 Å². The van der Waals surface area contributed by atoms with Gasteiger partial charge in [-0.3, -0.25) is 0 Å². The number of hydrogen-bond acceptors (Lipinski definition) is 2. The zero-order valence-corrected chi connectivity index (χ0v) is 4.96. The summed E-state index contributed by atoms with van der Waals surface area (Å²) in [5.74, 6) is 5.50. The molecule has 0 aromatic rings. The minimum absolute atomic E-state index is 0.0417. The molecule has 1 atom stereocenters. The Labute approximate surface area is 48.9 Å². The quantitative estimate of drug-likeness (QED) is 0.224. The molecule has 0 spiro atoms. The van der Waals surface area contributed by atoms with E-state index in [1.807, 2.05) is 6.19 Å². The highest BCUT2D eigenvalue weighted by atomic mass is 15.6. The van der Waals surface area contributed by atoms with Crippen LogP contribution in [0.2, 0.25) is 0 Å². The first-order chi connectivity index (χ1) is 3.67. The summed E-state index contributed by atoms with van der Waals surface area (Å²) in [5, 5.41) is 8.40. The second kappa shape index (κ2) is 1.44. The molecule has 0 aromatic carbocycles. The monoisotopic (exact) mass is 112 g/mol. The maximum absolute atomic E-state index is 8.40. The van der Waals surface area contributed by atoms with Gasteiger partial charge < -0.3 is 0 Å². The van der Waals surface area contributed by atoms with Crippen molar-refractivity contribution >= 4 is 0 Å². The summed E-state index contributed by atoms with van der Waals surface area (Å²) < 4.78 is 0.0417. The van der Waals surface area contributed by atoms with Gasteiger partial charge in [0.15, 0.2) is 0 Å². The Bertz CT molecular complexity index is 129. The van der Waals surface area contributed by atoms with Crippen molar-refractivity contribution in [3.63, 3.8) is 0 Å².